The van der Waals surface area contributed by atoms with E-state index in [-0.39, 0.29) is 0 Å². The van der Waals surface area contributed by atoms with E-state index in [2.05, 4.69) is 206 Å². The lowest BCUT2D eigenvalue weighted by Crippen LogP contribution is -1.88. The minimum absolute atomic E-state index is 1.22. The van der Waals surface area contributed by atoms with Crippen molar-refractivity contribution in [1.82, 2.24) is 0 Å². The summed E-state index contributed by atoms with van der Waals surface area (Å²) in [6.45, 7) is 0. The van der Waals surface area contributed by atoms with Gasteiger partial charge < -0.3 is 0 Å². The molecule has 0 saturated heterocycles. The third kappa shape index (κ3) is 4.92. The molecule has 11 aromatic carbocycles. The normalized spacial score (nSPS) is 11.7. The quantitative estimate of drug-likeness (QED) is 0.128. The fraction of sp³-hybridized carbons (Fsp3) is 0. The molecule has 0 aliphatic rings. The predicted molar refractivity (Wildman–Crippen MR) is 233 cm³/mol. The molecule has 0 unspecified atom stereocenters. The summed E-state index contributed by atoms with van der Waals surface area (Å²) in [6, 6.07) is 76.1. The molecule has 0 aromatic heterocycles. The molecule has 0 radical (unpaired) electrons. The Kier molecular flexibility index (Phi) is 6.97. The molecule has 0 aliphatic carbocycles. The summed E-state index contributed by atoms with van der Waals surface area (Å²) >= 11 is 0. The Morgan fingerprint density at radius 3 is 0.926 bits per heavy atom. The van der Waals surface area contributed by atoms with Gasteiger partial charge in [-0.1, -0.05) is 170 Å². The lowest BCUT2D eigenvalue weighted by atomic mass is 9.89. The molecule has 54 heavy (non-hydrogen) atoms. The fourth-order valence-electron chi connectivity index (χ4n) is 8.85. The largest absolute Gasteiger partial charge is 0.0616 e. The summed E-state index contributed by atoms with van der Waals surface area (Å²) in [5, 5.41) is 15.3. The highest BCUT2D eigenvalue weighted by atomic mass is 14.2. The van der Waals surface area contributed by atoms with Crippen LogP contribution in [0.1, 0.15) is 0 Å². The Hall–Kier alpha value is -7.02. The number of hydrogen-bond donors (Lipinski definition) is 0. The fourth-order valence-corrected chi connectivity index (χ4v) is 8.85. The molecule has 250 valence electrons. The minimum atomic E-state index is 1.22. The van der Waals surface area contributed by atoms with Crippen LogP contribution in [0.3, 0.4) is 0 Å². The summed E-state index contributed by atoms with van der Waals surface area (Å²) in [5.41, 5.74) is 9.93. The van der Waals surface area contributed by atoms with Crippen LogP contribution < -0.4 is 0 Å². The molecule has 0 N–H and O–H groups in total. The van der Waals surface area contributed by atoms with Gasteiger partial charge in [-0.05, 0) is 146 Å². The summed E-state index contributed by atoms with van der Waals surface area (Å²) in [4.78, 5) is 0. The van der Waals surface area contributed by atoms with Gasteiger partial charge in [-0.2, -0.15) is 0 Å². The van der Waals surface area contributed by atoms with Gasteiger partial charge in [0.05, 0.1) is 0 Å². The van der Waals surface area contributed by atoms with Crippen LogP contribution in [0.25, 0.3) is 109 Å². The molecule has 0 spiro atoms. The number of fused-ring (bicyclic) bond motifs is 8. The number of hydrogen-bond acceptors (Lipinski definition) is 0. The van der Waals surface area contributed by atoms with E-state index >= 15 is 0 Å². The smallest absolute Gasteiger partial charge is 0.00988 e. The van der Waals surface area contributed by atoms with Crippen LogP contribution in [0, 0.1) is 0 Å². The van der Waals surface area contributed by atoms with E-state index in [1.807, 2.05) is 0 Å². The first-order valence-electron chi connectivity index (χ1n) is 18.7. The highest BCUT2D eigenvalue weighted by Gasteiger charge is 2.14. The molecule has 0 bridgehead atoms. The zero-order chi connectivity index (χ0) is 35.6. The van der Waals surface area contributed by atoms with E-state index in [0.29, 0.717) is 0 Å². The maximum atomic E-state index is 2.39. The molecule has 0 aliphatic heterocycles. The Labute approximate surface area is 314 Å². The van der Waals surface area contributed by atoms with Gasteiger partial charge in [-0.25, -0.2) is 0 Å². The molecule has 11 aromatic rings. The van der Waals surface area contributed by atoms with Gasteiger partial charge in [-0.15, -0.1) is 0 Å². The zero-order valence-electron chi connectivity index (χ0n) is 29.6. The summed E-state index contributed by atoms with van der Waals surface area (Å²) < 4.78 is 0. The molecule has 0 fully saturated rings. The predicted octanol–water partition coefficient (Wildman–Crippen LogP) is 15.3. The topological polar surface area (TPSA) is 0 Å². The summed E-state index contributed by atoms with van der Waals surface area (Å²) in [5.74, 6) is 0. The van der Waals surface area contributed by atoms with Gasteiger partial charge >= 0.3 is 0 Å². The van der Waals surface area contributed by atoms with E-state index in [9.17, 15) is 0 Å². The van der Waals surface area contributed by atoms with Crippen molar-refractivity contribution in [3.63, 3.8) is 0 Å². The van der Waals surface area contributed by atoms with Crippen LogP contribution in [-0.2, 0) is 0 Å². The molecular weight excluding hydrogens is 649 g/mol. The second-order valence-corrected chi connectivity index (χ2v) is 14.4. The lowest BCUT2D eigenvalue weighted by Gasteiger charge is -2.15. The second-order valence-electron chi connectivity index (χ2n) is 14.4. The van der Waals surface area contributed by atoms with Gasteiger partial charge in [0.15, 0.2) is 0 Å². The summed E-state index contributed by atoms with van der Waals surface area (Å²) in [6.07, 6.45) is 0. The molecule has 0 atom stereocenters. The van der Waals surface area contributed by atoms with Crippen LogP contribution in [0.5, 0.6) is 0 Å². The average molecular weight is 683 g/mol. The van der Waals surface area contributed by atoms with Crippen LogP contribution in [0.2, 0.25) is 0 Å². The van der Waals surface area contributed by atoms with Crippen molar-refractivity contribution >= 4 is 64.6 Å². The molecule has 0 heterocycles. The van der Waals surface area contributed by atoms with E-state index in [1.54, 1.807) is 0 Å². The molecule has 11 rings (SSSR count). The van der Waals surface area contributed by atoms with Crippen molar-refractivity contribution in [2.45, 2.75) is 0 Å². The Morgan fingerprint density at radius 2 is 0.481 bits per heavy atom. The number of rotatable bonds is 4. The second kappa shape index (κ2) is 12.3. The zero-order valence-corrected chi connectivity index (χ0v) is 29.6. The Bertz CT molecular complexity index is 3050. The van der Waals surface area contributed by atoms with Crippen molar-refractivity contribution in [2.24, 2.45) is 0 Å². The molecule has 0 saturated carbocycles. The van der Waals surface area contributed by atoms with Crippen LogP contribution in [0.4, 0.5) is 0 Å². The average Bonchev–Trinajstić information content (AvgIpc) is 3.25. The standard InChI is InChI=1S/C54H34/c1-3-21-43-39(13-1)31-53(49-25-7-5-23-47(43)49)37-17-9-15-35(29-37)45-27-11-19-41-34-52-42(33-51(41)45)20-12-28-46(52)36-16-10-18-38(30-36)54-32-40-14-2-4-22-44(40)48-24-6-8-26-50(48)54/h1-34H. The van der Waals surface area contributed by atoms with Crippen LogP contribution >= 0.6 is 0 Å². The van der Waals surface area contributed by atoms with E-state index in [1.165, 1.54) is 109 Å². The van der Waals surface area contributed by atoms with Crippen molar-refractivity contribution in [3.05, 3.63) is 206 Å². The maximum absolute atomic E-state index is 2.39. The van der Waals surface area contributed by atoms with Crippen molar-refractivity contribution < 1.29 is 0 Å². The van der Waals surface area contributed by atoms with Crippen molar-refractivity contribution in [2.75, 3.05) is 0 Å². The highest BCUT2D eigenvalue weighted by Crippen LogP contribution is 2.41. The first-order chi connectivity index (χ1) is 26.8. The lowest BCUT2D eigenvalue weighted by molar-refractivity contribution is 1.63. The van der Waals surface area contributed by atoms with Gasteiger partial charge in [0.1, 0.15) is 0 Å². The van der Waals surface area contributed by atoms with Crippen molar-refractivity contribution in [3.8, 4) is 44.5 Å². The molecule has 0 amide bonds. The molecule has 0 heteroatoms. The first-order valence-corrected chi connectivity index (χ1v) is 18.7. The van der Waals surface area contributed by atoms with Crippen LogP contribution in [0.15, 0.2) is 206 Å². The minimum Gasteiger partial charge on any atom is -0.0616 e. The first kappa shape index (κ1) is 30.6. The van der Waals surface area contributed by atoms with Crippen molar-refractivity contribution in [1.29, 1.82) is 0 Å². The summed E-state index contributed by atoms with van der Waals surface area (Å²) in [7, 11) is 0. The monoisotopic (exact) mass is 682 g/mol. The van der Waals surface area contributed by atoms with Gasteiger partial charge in [0, 0.05) is 0 Å². The SMILES string of the molecule is c1cc(-c2cccc3cc4c(-c5cccc(-c6cc7ccccc7c7ccccc67)c5)cccc4cc23)cc(-c2cc3ccccc3c3ccccc23)c1. The van der Waals surface area contributed by atoms with E-state index in [0.717, 1.165) is 0 Å². The molecule has 0 nitrogen and oxygen atoms in total. The highest BCUT2D eigenvalue weighted by molar-refractivity contribution is 6.16. The van der Waals surface area contributed by atoms with E-state index < -0.39 is 0 Å². The maximum Gasteiger partial charge on any atom is -0.00988 e. The van der Waals surface area contributed by atoms with Gasteiger partial charge in [0.2, 0.25) is 0 Å². The molecular formula is C54H34. The third-order valence-electron chi connectivity index (χ3n) is 11.4. The van der Waals surface area contributed by atoms with Crippen LogP contribution in [-0.4, -0.2) is 0 Å². The van der Waals surface area contributed by atoms with E-state index in [4.69, 9.17) is 0 Å². The van der Waals surface area contributed by atoms with Gasteiger partial charge in [0.25, 0.3) is 0 Å². The third-order valence-corrected chi connectivity index (χ3v) is 11.4. The van der Waals surface area contributed by atoms with Gasteiger partial charge in [-0.3, -0.25) is 0 Å². The number of benzene rings is 11. The Balaban J connectivity index is 1.04. The Morgan fingerprint density at radius 1 is 0.167 bits per heavy atom.